The second-order valence-electron chi connectivity index (χ2n) is 7.28. The fourth-order valence-corrected chi connectivity index (χ4v) is 6.29. The molecule has 0 radical (unpaired) electrons. The van der Waals surface area contributed by atoms with Crippen molar-refractivity contribution in [1.82, 2.24) is 0 Å². The van der Waals surface area contributed by atoms with E-state index in [1.54, 1.807) is 11.8 Å². The molecule has 2 aromatic carbocycles. The van der Waals surface area contributed by atoms with Gasteiger partial charge < -0.3 is 10.0 Å². The zero-order chi connectivity index (χ0) is 20.6. The van der Waals surface area contributed by atoms with E-state index in [4.69, 9.17) is 5.11 Å². The summed E-state index contributed by atoms with van der Waals surface area (Å²) in [5.41, 5.74) is 3.78. The minimum Gasteiger partial charge on any atom is -0.481 e. The zero-order valence-electron chi connectivity index (χ0n) is 17.1. The van der Waals surface area contributed by atoms with Crippen LogP contribution in [0.2, 0.25) is 0 Å². The smallest absolute Gasteiger partial charge is 0.313 e. The molecule has 0 aromatic heterocycles. The number of hydrogen-bond donors (Lipinski definition) is 1. The Morgan fingerprint density at radius 1 is 1.28 bits per heavy atom. The average Bonchev–Trinajstić information content (AvgIpc) is 2.91. The predicted molar refractivity (Wildman–Crippen MR) is 129 cm³/mol. The maximum atomic E-state index is 10.9. The lowest BCUT2D eigenvalue weighted by molar-refractivity contribution is -0.133. The first-order valence-electron chi connectivity index (χ1n) is 10.1. The summed E-state index contributed by atoms with van der Waals surface area (Å²) in [5.74, 6) is 1.93. The number of unbranched alkanes of at least 4 members (excludes halogenated alkanes) is 1. The topological polar surface area (TPSA) is 40.5 Å². The Bertz CT molecular complexity index is 813. The van der Waals surface area contributed by atoms with Crippen LogP contribution in [0.25, 0.3) is 0 Å². The molecular formula is C23H29NO2S3. The van der Waals surface area contributed by atoms with Crippen LogP contribution < -0.4 is 4.90 Å². The monoisotopic (exact) mass is 447 g/mol. The highest BCUT2D eigenvalue weighted by atomic mass is 32.2. The third-order valence-electron chi connectivity index (χ3n) is 5.08. The summed E-state index contributed by atoms with van der Waals surface area (Å²) < 4.78 is 0. The lowest BCUT2D eigenvalue weighted by atomic mass is 10.0. The molecule has 2 aromatic rings. The van der Waals surface area contributed by atoms with Crippen molar-refractivity contribution in [2.24, 2.45) is 5.92 Å². The van der Waals surface area contributed by atoms with Crippen LogP contribution in [-0.4, -0.2) is 35.4 Å². The maximum Gasteiger partial charge on any atom is 0.313 e. The molecule has 156 valence electrons. The summed E-state index contributed by atoms with van der Waals surface area (Å²) in [5, 5.41) is 8.97. The number of rotatable bonds is 9. The van der Waals surface area contributed by atoms with E-state index >= 15 is 0 Å². The van der Waals surface area contributed by atoms with Crippen LogP contribution in [0.3, 0.4) is 0 Å². The average molecular weight is 448 g/mol. The number of aliphatic carboxylic acids is 1. The first-order valence-corrected chi connectivity index (χ1v) is 13.4. The molecule has 1 atom stereocenters. The Morgan fingerprint density at radius 3 is 2.76 bits per heavy atom. The SMILES string of the molecule is CCCCC1CSc2cc(CSCC(=O)O)c(SC)cc2N(c2ccccc2)C1. The molecule has 0 spiro atoms. The summed E-state index contributed by atoms with van der Waals surface area (Å²) in [6.07, 6.45) is 5.88. The molecule has 1 heterocycles. The van der Waals surface area contributed by atoms with Gasteiger partial charge in [-0.05, 0) is 48.4 Å². The molecular weight excluding hydrogens is 418 g/mol. The Labute approximate surface area is 187 Å². The second kappa shape index (κ2) is 11.2. The number of fused-ring (bicyclic) bond motifs is 1. The van der Waals surface area contributed by atoms with E-state index in [-0.39, 0.29) is 5.75 Å². The molecule has 3 nitrogen and oxygen atoms in total. The van der Waals surface area contributed by atoms with Gasteiger partial charge in [-0.3, -0.25) is 4.79 Å². The maximum absolute atomic E-state index is 10.9. The molecule has 6 heteroatoms. The summed E-state index contributed by atoms with van der Waals surface area (Å²) in [7, 11) is 0. The highest BCUT2D eigenvalue weighted by molar-refractivity contribution is 8.00. The van der Waals surface area contributed by atoms with Gasteiger partial charge in [0, 0.05) is 33.5 Å². The highest BCUT2D eigenvalue weighted by Gasteiger charge is 2.25. The number of thioether (sulfide) groups is 3. The first kappa shape index (κ1) is 22.4. The van der Waals surface area contributed by atoms with E-state index in [9.17, 15) is 4.79 Å². The van der Waals surface area contributed by atoms with Crippen molar-refractivity contribution < 1.29 is 9.90 Å². The van der Waals surface area contributed by atoms with Gasteiger partial charge in [0.2, 0.25) is 0 Å². The lowest BCUT2D eigenvalue weighted by Crippen LogP contribution is -2.25. The van der Waals surface area contributed by atoms with Crippen LogP contribution >= 0.6 is 35.3 Å². The molecule has 1 N–H and O–H groups in total. The molecule has 0 aliphatic carbocycles. The highest BCUT2D eigenvalue weighted by Crippen LogP contribution is 2.43. The number of carbonyl (C=O) groups is 1. The van der Waals surface area contributed by atoms with Crippen molar-refractivity contribution in [2.45, 2.75) is 41.7 Å². The van der Waals surface area contributed by atoms with Crippen LogP contribution in [0.15, 0.2) is 52.3 Å². The van der Waals surface area contributed by atoms with Gasteiger partial charge in [0.05, 0.1) is 11.4 Å². The van der Waals surface area contributed by atoms with Crippen molar-refractivity contribution in [2.75, 3.05) is 29.2 Å². The predicted octanol–water partition coefficient (Wildman–Crippen LogP) is 6.78. The van der Waals surface area contributed by atoms with Gasteiger partial charge in [-0.2, -0.15) is 0 Å². The molecule has 0 fully saturated rings. The van der Waals surface area contributed by atoms with Gasteiger partial charge in [0.1, 0.15) is 0 Å². The lowest BCUT2D eigenvalue weighted by Gasteiger charge is -2.28. The van der Waals surface area contributed by atoms with Crippen LogP contribution in [-0.2, 0) is 10.5 Å². The number of nitrogens with zero attached hydrogens (tertiary/aromatic N) is 1. The quantitative estimate of drug-likeness (QED) is 0.427. The minimum absolute atomic E-state index is 0.146. The minimum atomic E-state index is -0.751. The molecule has 3 rings (SSSR count). The number of carboxylic acids is 1. The number of anilines is 2. The van der Waals surface area contributed by atoms with Crippen LogP contribution in [0, 0.1) is 5.92 Å². The second-order valence-corrected chi connectivity index (χ2v) is 10.2. The first-order chi connectivity index (χ1) is 14.1. The molecule has 29 heavy (non-hydrogen) atoms. The van der Waals surface area contributed by atoms with E-state index in [2.05, 4.69) is 60.5 Å². The zero-order valence-corrected chi connectivity index (χ0v) is 19.5. The number of hydrogen-bond acceptors (Lipinski definition) is 5. The number of carboxylic acid groups (broad SMARTS) is 1. The Balaban J connectivity index is 1.95. The molecule has 1 aliphatic heterocycles. The van der Waals surface area contributed by atoms with Crippen molar-refractivity contribution >= 4 is 52.6 Å². The summed E-state index contributed by atoms with van der Waals surface area (Å²) in [6.45, 7) is 3.31. The molecule has 0 saturated carbocycles. The van der Waals surface area contributed by atoms with Crippen molar-refractivity contribution in [1.29, 1.82) is 0 Å². The largest absolute Gasteiger partial charge is 0.481 e. The van der Waals surface area contributed by atoms with Gasteiger partial charge in [-0.1, -0.05) is 38.0 Å². The van der Waals surface area contributed by atoms with Gasteiger partial charge in [-0.25, -0.2) is 0 Å². The van der Waals surface area contributed by atoms with E-state index < -0.39 is 5.97 Å². The molecule has 0 bridgehead atoms. The van der Waals surface area contributed by atoms with Gasteiger partial charge in [0.25, 0.3) is 0 Å². The summed E-state index contributed by atoms with van der Waals surface area (Å²) in [4.78, 5) is 16.0. The summed E-state index contributed by atoms with van der Waals surface area (Å²) in [6, 6.07) is 15.3. The molecule has 1 aliphatic rings. The number of benzene rings is 2. The van der Waals surface area contributed by atoms with E-state index in [1.165, 1.54) is 57.8 Å². The Kier molecular flexibility index (Phi) is 8.69. The van der Waals surface area contributed by atoms with Gasteiger partial charge in [0.15, 0.2) is 0 Å². The van der Waals surface area contributed by atoms with Gasteiger partial charge in [-0.15, -0.1) is 35.3 Å². The fourth-order valence-electron chi connectivity index (χ4n) is 3.61. The standard InChI is InChI=1S/C23H29NO2S3/c1-3-4-8-17-13-24(19-9-6-5-7-10-19)20-12-21(27-2)18(11-22(20)29-14-17)15-28-16-23(25)26/h5-7,9-12,17H,3-4,8,13-16H2,1-2H3,(H,25,26). The van der Waals surface area contributed by atoms with Crippen molar-refractivity contribution in [3.63, 3.8) is 0 Å². The molecule has 0 saturated heterocycles. The van der Waals surface area contributed by atoms with E-state index in [0.717, 1.165) is 18.1 Å². The number of para-hydroxylation sites is 1. The van der Waals surface area contributed by atoms with Gasteiger partial charge >= 0.3 is 5.97 Å². The van der Waals surface area contributed by atoms with E-state index in [1.807, 2.05) is 11.8 Å². The summed E-state index contributed by atoms with van der Waals surface area (Å²) >= 11 is 5.19. The van der Waals surface area contributed by atoms with Crippen LogP contribution in [0.4, 0.5) is 11.4 Å². The fraction of sp³-hybridized carbons (Fsp3) is 0.435. The van der Waals surface area contributed by atoms with Crippen LogP contribution in [0.1, 0.15) is 31.7 Å². The normalized spacial score (nSPS) is 16.3. The molecule has 0 amide bonds. The van der Waals surface area contributed by atoms with Crippen LogP contribution in [0.5, 0.6) is 0 Å². The third kappa shape index (κ3) is 6.12. The Hall–Kier alpha value is -1.24. The van der Waals surface area contributed by atoms with Crippen molar-refractivity contribution in [3.05, 3.63) is 48.0 Å². The van der Waals surface area contributed by atoms with E-state index in [0.29, 0.717) is 5.92 Å². The third-order valence-corrected chi connectivity index (χ3v) is 8.15. The Morgan fingerprint density at radius 2 is 2.07 bits per heavy atom. The van der Waals surface area contributed by atoms with Crippen molar-refractivity contribution in [3.8, 4) is 0 Å². The molecule has 1 unspecified atom stereocenters.